The van der Waals surface area contributed by atoms with Gasteiger partial charge < -0.3 is 11.1 Å². The molecule has 0 aliphatic heterocycles. The van der Waals surface area contributed by atoms with Gasteiger partial charge in [0.2, 0.25) is 5.91 Å². The fraction of sp³-hybridized carbons (Fsp3) is 0.0952. The second kappa shape index (κ2) is 7.73. The number of primary amides is 1. The number of nitrogens with two attached hydrogens (primary N) is 1. The minimum absolute atomic E-state index is 0.221. The lowest BCUT2D eigenvalue weighted by Crippen LogP contribution is -2.12. The van der Waals surface area contributed by atoms with Gasteiger partial charge in [-0.05, 0) is 46.5 Å². The van der Waals surface area contributed by atoms with Crippen LogP contribution in [-0.4, -0.2) is 5.91 Å². The molecule has 0 aromatic heterocycles. The highest BCUT2D eigenvalue weighted by Gasteiger charge is 2.03. The molecule has 0 fully saturated rings. The summed E-state index contributed by atoms with van der Waals surface area (Å²) in [4.78, 5) is 11.3. The third-order valence-corrected chi connectivity index (χ3v) is 3.98. The van der Waals surface area contributed by atoms with Gasteiger partial charge in [0.1, 0.15) is 5.82 Å². The van der Waals surface area contributed by atoms with Crippen molar-refractivity contribution in [2.45, 2.75) is 13.1 Å². The van der Waals surface area contributed by atoms with Gasteiger partial charge in [-0.15, -0.1) is 0 Å². The van der Waals surface area contributed by atoms with Crippen molar-refractivity contribution < 1.29 is 9.18 Å². The van der Waals surface area contributed by atoms with Gasteiger partial charge in [0.25, 0.3) is 0 Å². The summed E-state index contributed by atoms with van der Waals surface area (Å²) in [5.74, 6) is -0.651. The number of benzene rings is 3. The minimum atomic E-state index is -0.431. The highest BCUT2D eigenvalue weighted by atomic mass is 19.1. The van der Waals surface area contributed by atoms with Crippen LogP contribution in [0.25, 0.3) is 11.1 Å². The molecule has 0 heterocycles. The summed E-state index contributed by atoms with van der Waals surface area (Å²) in [5, 5.41) is 3.30. The number of hydrogen-bond acceptors (Lipinski definition) is 2. The van der Waals surface area contributed by atoms with E-state index in [1.54, 1.807) is 18.2 Å². The normalized spacial score (nSPS) is 10.6. The molecule has 0 bridgehead atoms. The quantitative estimate of drug-likeness (QED) is 0.719. The van der Waals surface area contributed by atoms with Crippen molar-refractivity contribution in [1.82, 2.24) is 5.32 Å². The van der Waals surface area contributed by atoms with Gasteiger partial charge in [-0.25, -0.2) is 4.39 Å². The maximum absolute atomic E-state index is 13.1. The van der Waals surface area contributed by atoms with E-state index < -0.39 is 5.91 Å². The molecular formula is C21H19FN2O. The second-order valence-electron chi connectivity index (χ2n) is 5.88. The van der Waals surface area contributed by atoms with E-state index in [1.165, 1.54) is 12.1 Å². The molecule has 0 spiro atoms. The predicted octanol–water partition coefficient (Wildman–Crippen LogP) is 3.88. The maximum atomic E-state index is 13.1. The Kier molecular flexibility index (Phi) is 5.21. The van der Waals surface area contributed by atoms with E-state index >= 15 is 0 Å². The largest absolute Gasteiger partial charge is 0.366 e. The average molecular weight is 334 g/mol. The Morgan fingerprint density at radius 3 is 2.28 bits per heavy atom. The third-order valence-electron chi connectivity index (χ3n) is 3.98. The van der Waals surface area contributed by atoms with E-state index in [0.29, 0.717) is 18.7 Å². The zero-order valence-electron chi connectivity index (χ0n) is 13.7. The lowest BCUT2D eigenvalue weighted by Gasteiger charge is -2.08. The van der Waals surface area contributed by atoms with E-state index in [0.717, 1.165) is 22.3 Å². The van der Waals surface area contributed by atoms with Crippen LogP contribution in [0.15, 0.2) is 72.8 Å². The minimum Gasteiger partial charge on any atom is -0.366 e. The smallest absolute Gasteiger partial charge is 0.248 e. The summed E-state index contributed by atoms with van der Waals surface area (Å²) in [5.41, 5.74) is 9.85. The summed E-state index contributed by atoms with van der Waals surface area (Å²) in [6, 6.07) is 21.9. The van der Waals surface area contributed by atoms with Gasteiger partial charge in [-0.1, -0.05) is 48.5 Å². The van der Waals surface area contributed by atoms with Crippen LogP contribution in [0.4, 0.5) is 4.39 Å². The van der Waals surface area contributed by atoms with Crippen LogP contribution >= 0.6 is 0 Å². The first-order chi connectivity index (χ1) is 12.1. The molecule has 3 nitrogen and oxygen atoms in total. The Labute approximate surface area is 146 Å². The molecule has 0 radical (unpaired) electrons. The molecule has 0 aliphatic carbocycles. The number of carbonyl (C=O) groups excluding carboxylic acids is 1. The first kappa shape index (κ1) is 16.9. The monoisotopic (exact) mass is 334 g/mol. The molecule has 25 heavy (non-hydrogen) atoms. The predicted molar refractivity (Wildman–Crippen MR) is 97.3 cm³/mol. The van der Waals surface area contributed by atoms with Crippen molar-refractivity contribution in [3.63, 3.8) is 0 Å². The number of hydrogen-bond donors (Lipinski definition) is 2. The lowest BCUT2D eigenvalue weighted by molar-refractivity contribution is 0.100. The van der Waals surface area contributed by atoms with Crippen molar-refractivity contribution in [2.24, 2.45) is 5.73 Å². The van der Waals surface area contributed by atoms with Crippen molar-refractivity contribution in [2.75, 3.05) is 0 Å². The van der Waals surface area contributed by atoms with Crippen LogP contribution < -0.4 is 11.1 Å². The van der Waals surface area contributed by atoms with Crippen LogP contribution in [0, 0.1) is 5.82 Å². The van der Waals surface area contributed by atoms with Crippen LogP contribution in [0.5, 0.6) is 0 Å². The molecule has 0 saturated carbocycles. The van der Waals surface area contributed by atoms with Crippen molar-refractivity contribution >= 4 is 5.91 Å². The molecule has 3 aromatic rings. The Morgan fingerprint density at radius 1 is 0.840 bits per heavy atom. The molecule has 0 saturated heterocycles. The van der Waals surface area contributed by atoms with Gasteiger partial charge in [-0.2, -0.15) is 0 Å². The Morgan fingerprint density at radius 2 is 1.56 bits per heavy atom. The number of amides is 1. The van der Waals surface area contributed by atoms with Crippen LogP contribution in [-0.2, 0) is 13.1 Å². The molecule has 0 atom stereocenters. The Bertz CT molecular complexity index is 875. The van der Waals surface area contributed by atoms with Gasteiger partial charge in [-0.3, -0.25) is 4.79 Å². The third kappa shape index (κ3) is 4.52. The molecule has 1 amide bonds. The van der Waals surface area contributed by atoms with E-state index in [-0.39, 0.29) is 5.82 Å². The standard InChI is InChI=1S/C21H19FN2O/c22-20-6-1-3-16(11-20)14-24-13-15-7-9-17(10-8-15)18-4-2-5-19(12-18)21(23)25/h1-12,24H,13-14H2,(H2,23,25). The topological polar surface area (TPSA) is 55.1 Å². The van der Waals surface area contributed by atoms with Crippen molar-refractivity contribution in [3.05, 3.63) is 95.3 Å². The highest BCUT2D eigenvalue weighted by Crippen LogP contribution is 2.21. The first-order valence-electron chi connectivity index (χ1n) is 8.06. The summed E-state index contributed by atoms with van der Waals surface area (Å²) in [7, 11) is 0. The van der Waals surface area contributed by atoms with Gasteiger partial charge in [0, 0.05) is 18.7 Å². The summed E-state index contributed by atoms with van der Waals surface area (Å²) in [6.07, 6.45) is 0. The summed E-state index contributed by atoms with van der Waals surface area (Å²) < 4.78 is 13.1. The molecule has 3 N–H and O–H groups in total. The zero-order valence-corrected chi connectivity index (χ0v) is 13.7. The Balaban J connectivity index is 1.62. The molecule has 0 aliphatic rings. The molecule has 4 heteroatoms. The SMILES string of the molecule is NC(=O)c1cccc(-c2ccc(CNCc3cccc(F)c3)cc2)c1. The summed E-state index contributed by atoms with van der Waals surface area (Å²) >= 11 is 0. The van der Waals surface area contributed by atoms with Gasteiger partial charge in [0.15, 0.2) is 0 Å². The zero-order chi connectivity index (χ0) is 17.6. The van der Waals surface area contributed by atoms with Crippen LogP contribution in [0.1, 0.15) is 21.5 Å². The first-order valence-corrected chi connectivity index (χ1v) is 8.06. The fourth-order valence-electron chi connectivity index (χ4n) is 2.67. The second-order valence-corrected chi connectivity index (χ2v) is 5.88. The van der Waals surface area contributed by atoms with E-state index in [4.69, 9.17) is 5.73 Å². The maximum Gasteiger partial charge on any atom is 0.248 e. The number of rotatable bonds is 6. The van der Waals surface area contributed by atoms with Crippen molar-refractivity contribution in [3.8, 4) is 11.1 Å². The van der Waals surface area contributed by atoms with E-state index in [1.807, 2.05) is 42.5 Å². The van der Waals surface area contributed by atoms with Crippen LogP contribution in [0.2, 0.25) is 0 Å². The fourth-order valence-corrected chi connectivity index (χ4v) is 2.67. The molecule has 126 valence electrons. The number of carbonyl (C=O) groups is 1. The number of nitrogens with one attached hydrogen (secondary N) is 1. The number of halogens is 1. The van der Waals surface area contributed by atoms with Gasteiger partial charge >= 0.3 is 0 Å². The van der Waals surface area contributed by atoms with Gasteiger partial charge in [0.05, 0.1) is 0 Å². The van der Waals surface area contributed by atoms with Crippen LogP contribution in [0.3, 0.4) is 0 Å². The van der Waals surface area contributed by atoms with E-state index in [9.17, 15) is 9.18 Å². The molecule has 3 rings (SSSR count). The average Bonchev–Trinajstić information content (AvgIpc) is 2.62. The Hall–Kier alpha value is -2.98. The highest BCUT2D eigenvalue weighted by molar-refractivity contribution is 5.94. The lowest BCUT2D eigenvalue weighted by atomic mass is 10.0. The van der Waals surface area contributed by atoms with E-state index in [2.05, 4.69) is 5.32 Å². The molecule has 3 aromatic carbocycles. The molecule has 0 unspecified atom stereocenters. The molecular weight excluding hydrogens is 315 g/mol. The summed E-state index contributed by atoms with van der Waals surface area (Å²) in [6.45, 7) is 1.30. The van der Waals surface area contributed by atoms with Crippen molar-refractivity contribution in [1.29, 1.82) is 0 Å².